The Hall–Kier alpha value is -2.91. The van der Waals surface area contributed by atoms with Gasteiger partial charge in [-0.15, -0.1) is 10.2 Å². The molecule has 2 amide bonds. The fourth-order valence-electron chi connectivity index (χ4n) is 2.40. The van der Waals surface area contributed by atoms with Crippen LogP contribution in [0.3, 0.4) is 0 Å². The maximum Gasteiger partial charge on any atom is 0.257 e. The van der Waals surface area contributed by atoms with Gasteiger partial charge in [0.05, 0.1) is 12.9 Å². The number of anilines is 2. The molecular weight excluding hydrogens is 408 g/mol. The Balaban J connectivity index is 1.50. The molecule has 0 saturated heterocycles. The molecule has 0 aliphatic carbocycles. The van der Waals surface area contributed by atoms with Crippen LogP contribution < -0.4 is 15.4 Å². The molecule has 0 bridgehead atoms. The van der Waals surface area contributed by atoms with Gasteiger partial charge in [-0.05, 0) is 42.3 Å². The van der Waals surface area contributed by atoms with Gasteiger partial charge < -0.3 is 10.1 Å². The van der Waals surface area contributed by atoms with Gasteiger partial charge in [-0.25, -0.2) is 0 Å². The van der Waals surface area contributed by atoms with E-state index in [1.54, 1.807) is 31.4 Å². The molecule has 1 heterocycles. The van der Waals surface area contributed by atoms with Crippen molar-refractivity contribution in [3.05, 3.63) is 59.7 Å². The zero-order chi connectivity index (χ0) is 20.6. The first kappa shape index (κ1) is 20.8. The van der Waals surface area contributed by atoms with Gasteiger partial charge in [-0.3, -0.25) is 14.9 Å². The van der Waals surface area contributed by atoms with Crippen LogP contribution in [0.1, 0.15) is 22.8 Å². The topological polar surface area (TPSA) is 93.2 Å². The Morgan fingerprint density at radius 3 is 2.62 bits per heavy atom. The van der Waals surface area contributed by atoms with Crippen molar-refractivity contribution in [3.8, 4) is 5.75 Å². The summed E-state index contributed by atoms with van der Waals surface area (Å²) >= 11 is 2.48. The van der Waals surface area contributed by atoms with E-state index in [-0.39, 0.29) is 17.6 Å². The van der Waals surface area contributed by atoms with Gasteiger partial charge in [-0.1, -0.05) is 48.2 Å². The summed E-state index contributed by atoms with van der Waals surface area (Å²) in [5.41, 5.74) is 2.44. The minimum atomic E-state index is -0.301. The number of hydrogen-bond donors (Lipinski definition) is 2. The molecule has 150 valence electrons. The van der Waals surface area contributed by atoms with Crippen molar-refractivity contribution in [2.24, 2.45) is 0 Å². The summed E-state index contributed by atoms with van der Waals surface area (Å²) in [5, 5.41) is 13.9. The molecule has 3 aromatic rings. The Kier molecular flexibility index (Phi) is 7.20. The number of carbonyl (C=O) groups excluding carboxylic acids is 2. The second kappa shape index (κ2) is 10.0. The van der Waals surface area contributed by atoms with Gasteiger partial charge in [0.15, 0.2) is 4.34 Å². The summed E-state index contributed by atoms with van der Waals surface area (Å²) in [6, 6.07) is 14.6. The van der Waals surface area contributed by atoms with Gasteiger partial charge in [0.25, 0.3) is 5.91 Å². The molecule has 7 nitrogen and oxygen atoms in total. The highest BCUT2D eigenvalue weighted by atomic mass is 32.2. The standard InChI is InChI=1S/C20H20N4O3S2/c1-3-13-7-9-15(10-8-13)21-17(25)12-28-20-24-23-19(29-20)22-18(26)14-5-4-6-16(11-14)27-2/h4-11H,3,12H2,1-2H3,(H,21,25)(H,22,23,26). The molecule has 3 rings (SSSR count). The molecule has 0 fully saturated rings. The van der Waals surface area contributed by atoms with Crippen LogP contribution in [0.15, 0.2) is 52.9 Å². The second-order valence-corrected chi connectivity index (χ2v) is 8.15. The average molecular weight is 429 g/mol. The van der Waals surface area contributed by atoms with Crippen molar-refractivity contribution in [3.63, 3.8) is 0 Å². The van der Waals surface area contributed by atoms with Crippen molar-refractivity contribution < 1.29 is 14.3 Å². The number of amides is 2. The van der Waals surface area contributed by atoms with Crippen LogP contribution in [-0.2, 0) is 11.2 Å². The fraction of sp³-hybridized carbons (Fsp3) is 0.200. The largest absolute Gasteiger partial charge is 0.497 e. The Bertz CT molecular complexity index is 989. The number of aromatic nitrogens is 2. The summed E-state index contributed by atoms with van der Waals surface area (Å²) in [6.45, 7) is 2.08. The van der Waals surface area contributed by atoms with Crippen LogP contribution in [-0.4, -0.2) is 34.9 Å². The number of carbonyl (C=O) groups is 2. The highest BCUT2D eigenvalue weighted by molar-refractivity contribution is 8.01. The van der Waals surface area contributed by atoms with Crippen LogP contribution in [0, 0.1) is 0 Å². The fourth-order valence-corrected chi connectivity index (χ4v) is 3.95. The summed E-state index contributed by atoms with van der Waals surface area (Å²) in [5.74, 6) is 0.372. The van der Waals surface area contributed by atoms with Gasteiger partial charge in [0.1, 0.15) is 5.75 Å². The predicted octanol–water partition coefficient (Wildman–Crippen LogP) is 4.09. The first-order valence-electron chi connectivity index (χ1n) is 8.88. The van der Waals surface area contributed by atoms with E-state index in [9.17, 15) is 9.59 Å². The van der Waals surface area contributed by atoms with E-state index in [4.69, 9.17) is 4.74 Å². The third kappa shape index (κ3) is 6.03. The van der Waals surface area contributed by atoms with E-state index in [0.29, 0.717) is 20.8 Å². The zero-order valence-corrected chi connectivity index (χ0v) is 17.6. The van der Waals surface area contributed by atoms with Crippen molar-refractivity contribution in [1.82, 2.24) is 10.2 Å². The molecule has 0 aliphatic heterocycles. The SMILES string of the molecule is CCc1ccc(NC(=O)CSc2nnc(NC(=O)c3cccc(OC)c3)s2)cc1. The molecular formula is C20H20N4O3S2. The Morgan fingerprint density at radius 1 is 1.10 bits per heavy atom. The number of nitrogens with one attached hydrogen (secondary N) is 2. The number of rotatable bonds is 8. The van der Waals surface area contributed by atoms with E-state index >= 15 is 0 Å². The van der Waals surface area contributed by atoms with Crippen LogP contribution >= 0.6 is 23.1 Å². The molecule has 29 heavy (non-hydrogen) atoms. The Morgan fingerprint density at radius 2 is 1.90 bits per heavy atom. The maximum atomic E-state index is 12.3. The quantitative estimate of drug-likeness (QED) is 0.415. The van der Waals surface area contributed by atoms with E-state index < -0.39 is 0 Å². The van der Waals surface area contributed by atoms with Gasteiger partial charge in [0.2, 0.25) is 11.0 Å². The van der Waals surface area contributed by atoms with Crippen molar-refractivity contribution in [1.29, 1.82) is 0 Å². The molecule has 0 aliphatic rings. The average Bonchev–Trinajstić information content (AvgIpc) is 3.20. The number of benzene rings is 2. The summed E-state index contributed by atoms with van der Waals surface area (Å²) in [7, 11) is 1.54. The highest BCUT2D eigenvalue weighted by Gasteiger charge is 2.12. The molecule has 0 saturated carbocycles. The second-order valence-electron chi connectivity index (χ2n) is 5.95. The highest BCUT2D eigenvalue weighted by Crippen LogP contribution is 2.26. The molecule has 0 atom stereocenters. The van der Waals surface area contributed by atoms with Crippen LogP contribution in [0.4, 0.5) is 10.8 Å². The van der Waals surface area contributed by atoms with Crippen LogP contribution in [0.25, 0.3) is 0 Å². The number of ether oxygens (including phenoxy) is 1. The first-order valence-corrected chi connectivity index (χ1v) is 10.7. The van der Waals surface area contributed by atoms with Crippen molar-refractivity contribution >= 4 is 45.7 Å². The monoisotopic (exact) mass is 428 g/mol. The normalized spacial score (nSPS) is 10.4. The predicted molar refractivity (Wildman–Crippen MR) is 116 cm³/mol. The van der Waals surface area contributed by atoms with Gasteiger partial charge >= 0.3 is 0 Å². The van der Waals surface area contributed by atoms with Crippen molar-refractivity contribution in [2.45, 2.75) is 17.7 Å². The number of nitrogens with zero attached hydrogens (tertiary/aromatic N) is 2. The smallest absolute Gasteiger partial charge is 0.257 e. The lowest BCUT2D eigenvalue weighted by molar-refractivity contribution is -0.113. The van der Waals surface area contributed by atoms with Gasteiger partial charge in [-0.2, -0.15) is 0 Å². The number of hydrogen-bond acceptors (Lipinski definition) is 7. The van der Waals surface area contributed by atoms with Crippen LogP contribution in [0.2, 0.25) is 0 Å². The van der Waals surface area contributed by atoms with E-state index in [1.807, 2.05) is 24.3 Å². The molecule has 2 N–H and O–H groups in total. The van der Waals surface area contributed by atoms with Crippen molar-refractivity contribution in [2.75, 3.05) is 23.5 Å². The summed E-state index contributed by atoms with van der Waals surface area (Å²) in [6.07, 6.45) is 0.956. The Labute approximate surface area is 176 Å². The molecule has 0 radical (unpaired) electrons. The summed E-state index contributed by atoms with van der Waals surface area (Å²) in [4.78, 5) is 24.4. The van der Waals surface area contributed by atoms with Gasteiger partial charge in [0, 0.05) is 11.3 Å². The van der Waals surface area contributed by atoms with E-state index in [1.165, 1.54) is 28.7 Å². The third-order valence-electron chi connectivity index (χ3n) is 3.93. The molecule has 1 aromatic heterocycles. The molecule has 0 spiro atoms. The molecule has 0 unspecified atom stereocenters. The van der Waals surface area contributed by atoms with E-state index in [2.05, 4.69) is 27.8 Å². The molecule has 2 aromatic carbocycles. The lowest BCUT2D eigenvalue weighted by Gasteiger charge is -2.05. The lowest BCUT2D eigenvalue weighted by atomic mass is 10.1. The molecule has 9 heteroatoms. The minimum absolute atomic E-state index is 0.128. The lowest BCUT2D eigenvalue weighted by Crippen LogP contribution is -2.13. The summed E-state index contributed by atoms with van der Waals surface area (Å²) < 4.78 is 5.72. The first-order chi connectivity index (χ1) is 14.1. The zero-order valence-electron chi connectivity index (χ0n) is 16.0. The van der Waals surface area contributed by atoms with E-state index in [0.717, 1.165) is 12.1 Å². The minimum Gasteiger partial charge on any atom is -0.497 e. The number of aryl methyl sites for hydroxylation is 1. The van der Waals surface area contributed by atoms with Crippen LogP contribution in [0.5, 0.6) is 5.75 Å². The maximum absolute atomic E-state index is 12.3. The number of thioether (sulfide) groups is 1. The third-order valence-corrected chi connectivity index (χ3v) is 5.90. The number of methoxy groups -OCH3 is 1.